The van der Waals surface area contributed by atoms with Gasteiger partial charge in [-0.3, -0.25) is 0 Å². The molecular formula is C3H8N2O3. The van der Waals surface area contributed by atoms with E-state index in [1.54, 1.807) is 0 Å². The molecule has 0 unspecified atom stereocenters. The van der Waals surface area contributed by atoms with Crippen molar-refractivity contribution in [2.24, 2.45) is 0 Å². The maximum Gasteiger partial charge on any atom is 0.157 e. The van der Waals surface area contributed by atoms with Gasteiger partial charge in [0.25, 0.3) is 0 Å². The van der Waals surface area contributed by atoms with E-state index in [4.69, 9.17) is 5.11 Å². The quantitative estimate of drug-likeness (QED) is 0.288. The van der Waals surface area contributed by atoms with Crippen LogP contribution in [0, 0.1) is 10.1 Å². The van der Waals surface area contributed by atoms with Crippen molar-refractivity contribution in [3.8, 4) is 0 Å². The summed E-state index contributed by atoms with van der Waals surface area (Å²) in [5.74, 6) is 0. The van der Waals surface area contributed by atoms with Crippen molar-refractivity contribution in [3.05, 3.63) is 10.1 Å². The molecule has 0 aromatic rings. The largest absolute Gasteiger partial charge is 0.396 e. The molecule has 0 aliphatic heterocycles. The third-order valence-electron chi connectivity index (χ3n) is 0.576. The second-order valence-electron chi connectivity index (χ2n) is 1.24. The van der Waals surface area contributed by atoms with Crippen LogP contribution in [0.4, 0.5) is 0 Å². The minimum Gasteiger partial charge on any atom is -0.396 e. The summed E-state index contributed by atoms with van der Waals surface area (Å²) < 4.78 is 0. The molecule has 0 rings (SSSR count). The van der Waals surface area contributed by atoms with Gasteiger partial charge >= 0.3 is 0 Å². The van der Waals surface area contributed by atoms with Crippen molar-refractivity contribution in [1.29, 1.82) is 0 Å². The van der Waals surface area contributed by atoms with E-state index in [9.17, 15) is 10.1 Å². The maximum atomic E-state index is 9.49. The van der Waals surface area contributed by atoms with E-state index in [0.717, 1.165) is 0 Å². The maximum absolute atomic E-state index is 9.49. The van der Waals surface area contributed by atoms with E-state index in [1.807, 2.05) is 5.43 Å². The Balaban J connectivity index is 2.82. The van der Waals surface area contributed by atoms with Gasteiger partial charge in [-0.2, -0.15) is 0 Å². The van der Waals surface area contributed by atoms with Crippen molar-refractivity contribution >= 4 is 0 Å². The van der Waals surface area contributed by atoms with E-state index in [0.29, 0.717) is 6.42 Å². The third-order valence-corrected chi connectivity index (χ3v) is 0.576. The number of nitrogens with zero attached hydrogens (tertiary/aromatic N) is 1. The van der Waals surface area contributed by atoms with Crippen molar-refractivity contribution in [2.75, 3.05) is 13.2 Å². The van der Waals surface area contributed by atoms with Gasteiger partial charge in [-0.25, -0.2) is 10.1 Å². The molecule has 0 aromatic heterocycles. The van der Waals surface area contributed by atoms with Gasteiger partial charge < -0.3 is 5.11 Å². The highest BCUT2D eigenvalue weighted by molar-refractivity contribution is 4.31. The fourth-order valence-corrected chi connectivity index (χ4v) is 0.249. The molecule has 0 fully saturated rings. The van der Waals surface area contributed by atoms with Crippen LogP contribution in [0.1, 0.15) is 6.42 Å². The predicted molar refractivity (Wildman–Crippen MR) is 26.7 cm³/mol. The van der Waals surface area contributed by atoms with E-state index < -0.39 is 5.03 Å². The Labute approximate surface area is 46.4 Å². The Morgan fingerprint density at radius 1 is 1.75 bits per heavy atom. The minimum absolute atomic E-state index is 0.0131. The van der Waals surface area contributed by atoms with E-state index in [1.165, 1.54) is 0 Å². The van der Waals surface area contributed by atoms with Crippen LogP contribution in [0.2, 0.25) is 0 Å². The number of aliphatic hydroxyl groups excluding tert-OH is 1. The number of hydrazine groups is 1. The van der Waals surface area contributed by atoms with Crippen LogP contribution in [-0.2, 0) is 0 Å². The minimum atomic E-state index is -0.629. The van der Waals surface area contributed by atoms with Crippen LogP contribution in [0.15, 0.2) is 0 Å². The molecule has 5 nitrogen and oxygen atoms in total. The number of hydrogen-bond donors (Lipinski definition) is 2. The molecule has 0 saturated carbocycles. The first-order valence-corrected chi connectivity index (χ1v) is 2.26. The van der Waals surface area contributed by atoms with Gasteiger partial charge in [0.1, 0.15) is 0 Å². The summed E-state index contributed by atoms with van der Waals surface area (Å²) in [5.41, 5.74) is 1.91. The van der Waals surface area contributed by atoms with Gasteiger partial charge in [0.2, 0.25) is 0 Å². The molecule has 0 aliphatic carbocycles. The highest BCUT2D eigenvalue weighted by Crippen LogP contribution is 1.69. The molecule has 0 radical (unpaired) electrons. The normalized spacial score (nSPS) is 8.62. The van der Waals surface area contributed by atoms with Gasteiger partial charge in [-0.15, -0.1) is 5.43 Å². The van der Waals surface area contributed by atoms with E-state index >= 15 is 0 Å². The summed E-state index contributed by atoms with van der Waals surface area (Å²) in [4.78, 5) is 9.49. The summed E-state index contributed by atoms with van der Waals surface area (Å²) in [6, 6.07) is 0. The standard InChI is InChI=1S/C3H8N2O3/c6-3-1-2-4-5(7)8/h4,6H,1-3H2. The Morgan fingerprint density at radius 2 is 2.38 bits per heavy atom. The Morgan fingerprint density at radius 3 is 2.75 bits per heavy atom. The average Bonchev–Trinajstić information content (AvgIpc) is 1.66. The SMILES string of the molecule is O=[N+]([O-])NCCCO. The molecule has 0 aliphatic rings. The lowest BCUT2D eigenvalue weighted by Crippen LogP contribution is -2.22. The molecule has 0 heterocycles. The van der Waals surface area contributed by atoms with Gasteiger partial charge in [-0.05, 0) is 6.42 Å². The average molecular weight is 120 g/mol. The molecule has 0 bridgehead atoms. The number of nitrogens with one attached hydrogen (secondary N) is 1. The van der Waals surface area contributed by atoms with E-state index in [2.05, 4.69) is 0 Å². The first kappa shape index (κ1) is 7.16. The molecule has 0 aromatic carbocycles. The molecule has 0 amide bonds. The van der Waals surface area contributed by atoms with Crippen LogP contribution < -0.4 is 5.43 Å². The van der Waals surface area contributed by atoms with Crippen LogP contribution in [0.3, 0.4) is 0 Å². The van der Waals surface area contributed by atoms with Crippen LogP contribution in [0.5, 0.6) is 0 Å². The second-order valence-corrected chi connectivity index (χ2v) is 1.24. The number of nitro groups is 1. The topological polar surface area (TPSA) is 75.4 Å². The van der Waals surface area contributed by atoms with Crippen LogP contribution in [0.25, 0.3) is 0 Å². The molecule has 5 heteroatoms. The molecular weight excluding hydrogens is 112 g/mol. The van der Waals surface area contributed by atoms with Crippen LogP contribution >= 0.6 is 0 Å². The first-order valence-electron chi connectivity index (χ1n) is 2.26. The summed E-state index contributed by atoms with van der Waals surface area (Å²) in [6.45, 7) is 0.213. The molecule has 0 spiro atoms. The van der Waals surface area contributed by atoms with Crippen LogP contribution in [-0.4, -0.2) is 23.3 Å². The molecule has 48 valence electrons. The zero-order chi connectivity index (χ0) is 6.41. The highest BCUT2D eigenvalue weighted by atomic mass is 16.7. The van der Waals surface area contributed by atoms with Crippen molar-refractivity contribution in [1.82, 2.24) is 5.43 Å². The monoisotopic (exact) mass is 120 g/mol. The second kappa shape index (κ2) is 4.32. The predicted octanol–water partition coefficient (Wildman–Crippen LogP) is -0.850. The lowest BCUT2D eigenvalue weighted by Gasteiger charge is -1.91. The van der Waals surface area contributed by atoms with Gasteiger partial charge in [0.05, 0.1) is 6.54 Å². The lowest BCUT2D eigenvalue weighted by molar-refractivity contribution is -0.544. The fourth-order valence-electron chi connectivity index (χ4n) is 0.249. The first-order chi connectivity index (χ1) is 3.77. The molecule has 8 heavy (non-hydrogen) atoms. The summed E-state index contributed by atoms with van der Waals surface area (Å²) in [6.07, 6.45) is 0.418. The number of hydrogen-bond acceptors (Lipinski definition) is 3. The Bertz CT molecular complexity index is 74.9. The van der Waals surface area contributed by atoms with Crippen molar-refractivity contribution in [3.63, 3.8) is 0 Å². The zero-order valence-corrected chi connectivity index (χ0v) is 4.33. The summed E-state index contributed by atoms with van der Waals surface area (Å²) >= 11 is 0. The van der Waals surface area contributed by atoms with Gasteiger partial charge in [0, 0.05) is 6.61 Å². The smallest absolute Gasteiger partial charge is 0.157 e. The summed E-state index contributed by atoms with van der Waals surface area (Å²) in [5, 5.41) is 17.0. The lowest BCUT2D eigenvalue weighted by atomic mass is 10.5. The number of rotatable bonds is 4. The Hall–Kier alpha value is -0.840. The summed E-state index contributed by atoms with van der Waals surface area (Å²) in [7, 11) is 0. The Kier molecular flexibility index (Phi) is 3.87. The molecule has 0 atom stereocenters. The zero-order valence-electron chi connectivity index (χ0n) is 4.33. The van der Waals surface area contributed by atoms with Gasteiger partial charge in [0.15, 0.2) is 5.03 Å². The van der Waals surface area contributed by atoms with Gasteiger partial charge in [-0.1, -0.05) is 0 Å². The highest BCUT2D eigenvalue weighted by Gasteiger charge is 1.89. The molecule has 0 saturated heterocycles. The van der Waals surface area contributed by atoms with Crippen molar-refractivity contribution < 1.29 is 10.1 Å². The number of aliphatic hydroxyl groups is 1. The molecule has 2 N–H and O–H groups in total. The third kappa shape index (κ3) is 5.16. The van der Waals surface area contributed by atoms with Crippen molar-refractivity contribution in [2.45, 2.75) is 6.42 Å². The van der Waals surface area contributed by atoms with E-state index in [-0.39, 0.29) is 13.2 Å². The fraction of sp³-hybridized carbons (Fsp3) is 1.00.